The highest BCUT2D eigenvalue weighted by atomic mass is 16.5. The summed E-state index contributed by atoms with van der Waals surface area (Å²) in [5.41, 5.74) is 1.87. The number of aromatic nitrogens is 1. The molecule has 7 heteroatoms. The fourth-order valence-electron chi connectivity index (χ4n) is 4.34. The zero-order valence-corrected chi connectivity index (χ0v) is 18.1. The first kappa shape index (κ1) is 21.3. The second kappa shape index (κ2) is 9.92. The maximum absolute atomic E-state index is 12.8. The largest absolute Gasteiger partial charge is 0.482 e. The van der Waals surface area contributed by atoms with Gasteiger partial charge in [-0.05, 0) is 37.1 Å². The van der Waals surface area contributed by atoms with Crippen LogP contribution in [0.4, 0.5) is 5.69 Å². The van der Waals surface area contributed by atoms with Crippen LogP contribution in [-0.2, 0) is 16.0 Å². The van der Waals surface area contributed by atoms with Crippen LogP contribution in [0.2, 0.25) is 0 Å². The predicted molar refractivity (Wildman–Crippen MR) is 119 cm³/mol. The van der Waals surface area contributed by atoms with Crippen LogP contribution in [0.3, 0.4) is 0 Å². The van der Waals surface area contributed by atoms with Gasteiger partial charge in [-0.2, -0.15) is 0 Å². The number of hydrogen-bond donors (Lipinski definition) is 0. The van der Waals surface area contributed by atoms with Crippen LogP contribution >= 0.6 is 0 Å². The van der Waals surface area contributed by atoms with Crippen molar-refractivity contribution in [2.75, 3.05) is 44.7 Å². The summed E-state index contributed by atoms with van der Waals surface area (Å²) in [6.45, 7) is 3.39. The fraction of sp³-hybridized carbons (Fsp3) is 0.458. The number of rotatable bonds is 7. The molecule has 2 amide bonds. The lowest BCUT2D eigenvalue weighted by molar-refractivity contribution is -0.132. The smallest absolute Gasteiger partial charge is 0.265 e. The van der Waals surface area contributed by atoms with Crippen molar-refractivity contribution >= 4 is 17.5 Å². The number of anilines is 1. The van der Waals surface area contributed by atoms with Crippen LogP contribution in [0.25, 0.3) is 0 Å². The van der Waals surface area contributed by atoms with Gasteiger partial charge in [0.05, 0.1) is 5.69 Å². The Labute approximate surface area is 183 Å². The van der Waals surface area contributed by atoms with E-state index < -0.39 is 0 Å². The number of ether oxygens (including phenoxy) is 1. The molecule has 164 valence electrons. The van der Waals surface area contributed by atoms with Crippen molar-refractivity contribution in [2.45, 2.75) is 31.7 Å². The van der Waals surface area contributed by atoms with Crippen LogP contribution in [-0.4, -0.2) is 72.5 Å². The molecular weight excluding hydrogens is 392 g/mol. The van der Waals surface area contributed by atoms with Crippen molar-refractivity contribution in [2.24, 2.45) is 0 Å². The second-order valence-electron chi connectivity index (χ2n) is 8.20. The SMILES string of the molecule is CN(C(=O)CCN1C(=O)COc2ccccc21)C1CCN(CCc2ccccn2)CC1. The molecule has 7 nitrogen and oxygen atoms in total. The van der Waals surface area contributed by atoms with E-state index in [0.29, 0.717) is 18.7 Å². The molecule has 0 bridgehead atoms. The Kier molecular flexibility index (Phi) is 6.82. The first-order chi connectivity index (χ1) is 15.1. The highest BCUT2D eigenvalue weighted by Crippen LogP contribution is 2.31. The second-order valence-corrected chi connectivity index (χ2v) is 8.20. The number of carbonyl (C=O) groups excluding carboxylic acids is 2. The van der Waals surface area contributed by atoms with Gasteiger partial charge in [0.1, 0.15) is 5.75 Å². The minimum atomic E-state index is -0.102. The molecular formula is C24H30N4O3. The normalized spacial score (nSPS) is 17.2. The third-order valence-electron chi connectivity index (χ3n) is 6.27. The summed E-state index contributed by atoms with van der Waals surface area (Å²) in [5, 5.41) is 0. The topological polar surface area (TPSA) is 66.0 Å². The number of likely N-dealkylation sites (tertiary alicyclic amines) is 1. The van der Waals surface area contributed by atoms with Crippen molar-refractivity contribution in [3.05, 3.63) is 54.4 Å². The monoisotopic (exact) mass is 422 g/mol. The van der Waals surface area contributed by atoms with E-state index in [-0.39, 0.29) is 24.5 Å². The molecule has 4 rings (SSSR count). The molecule has 0 radical (unpaired) electrons. The molecule has 1 aromatic carbocycles. The molecule has 2 aliphatic heterocycles. The van der Waals surface area contributed by atoms with E-state index in [1.54, 1.807) is 4.90 Å². The van der Waals surface area contributed by atoms with Gasteiger partial charge < -0.3 is 19.4 Å². The summed E-state index contributed by atoms with van der Waals surface area (Å²) in [4.78, 5) is 35.5. The summed E-state index contributed by atoms with van der Waals surface area (Å²) in [6.07, 6.45) is 5.06. The Morgan fingerprint density at radius 2 is 1.90 bits per heavy atom. The maximum Gasteiger partial charge on any atom is 0.265 e. The fourth-order valence-corrected chi connectivity index (χ4v) is 4.34. The summed E-state index contributed by atoms with van der Waals surface area (Å²) in [6, 6.07) is 13.8. The first-order valence-corrected chi connectivity index (χ1v) is 11.0. The molecule has 0 N–H and O–H groups in total. The Hall–Kier alpha value is -2.93. The highest BCUT2D eigenvalue weighted by molar-refractivity contribution is 5.98. The van der Waals surface area contributed by atoms with Crippen LogP contribution in [0.5, 0.6) is 5.75 Å². The van der Waals surface area contributed by atoms with Crippen molar-refractivity contribution < 1.29 is 14.3 Å². The number of fused-ring (bicyclic) bond motifs is 1. The van der Waals surface area contributed by atoms with E-state index in [1.807, 2.05) is 54.5 Å². The van der Waals surface area contributed by atoms with Gasteiger partial charge in [-0.15, -0.1) is 0 Å². The van der Waals surface area contributed by atoms with Crippen LogP contribution in [0, 0.1) is 0 Å². The minimum absolute atomic E-state index is 0.0258. The van der Waals surface area contributed by atoms with E-state index in [0.717, 1.165) is 50.3 Å². The van der Waals surface area contributed by atoms with Gasteiger partial charge in [0, 0.05) is 64.0 Å². The van der Waals surface area contributed by atoms with E-state index in [1.165, 1.54) is 0 Å². The van der Waals surface area contributed by atoms with E-state index in [4.69, 9.17) is 4.74 Å². The van der Waals surface area contributed by atoms with E-state index in [9.17, 15) is 9.59 Å². The molecule has 1 aromatic heterocycles. The third-order valence-corrected chi connectivity index (χ3v) is 6.27. The number of piperidine rings is 1. The summed E-state index contributed by atoms with van der Waals surface area (Å²) < 4.78 is 5.48. The van der Waals surface area contributed by atoms with E-state index >= 15 is 0 Å². The maximum atomic E-state index is 12.8. The first-order valence-electron chi connectivity index (χ1n) is 11.0. The Morgan fingerprint density at radius 3 is 2.68 bits per heavy atom. The Morgan fingerprint density at radius 1 is 1.13 bits per heavy atom. The standard InChI is InChI=1S/C24H30N4O3/c1-26(20-10-15-27(16-11-20)14-9-19-6-4-5-13-25-19)23(29)12-17-28-21-7-2-3-8-22(21)31-18-24(28)30/h2-8,13,20H,9-12,14-18H2,1H3. The number of nitrogens with zero attached hydrogens (tertiary/aromatic N) is 4. The molecule has 3 heterocycles. The van der Waals surface area contributed by atoms with Crippen LogP contribution < -0.4 is 9.64 Å². The lowest BCUT2D eigenvalue weighted by Crippen LogP contribution is -2.47. The Balaban J connectivity index is 1.23. The van der Waals surface area contributed by atoms with Gasteiger partial charge in [0.2, 0.25) is 5.91 Å². The van der Waals surface area contributed by atoms with Gasteiger partial charge in [0.25, 0.3) is 5.91 Å². The average molecular weight is 423 g/mol. The van der Waals surface area contributed by atoms with Crippen molar-refractivity contribution in [1.29, 1.82) is 0 Å². The number of para-hydroxylation sites is 2. The molecule has 0 atom stereocenters. The van der Waals surface area contributed by atoms with Gasteiger partial charge in [0.15, 0.2) is 6.61 Å². The molecule has 1 fully saturated rings. The third kappa shape index (κ3) is 5.22. The Bertz CT molecular complexity index is 897. The van der Waals surface area contributed by atoms with Gasteiger partial charge in [-0.3, -0.25) is 14.6 Å². The van der Waals surface area contributed by atoms with Crippen LogP contribution in [0.15, 0.2) is 48.7 Å². The number of hydrogen-bond acceptors (Lipinski definition) is 5. The van der Waals surface area contributed by atoms with Gasteiger partial charge in [-0.1, -0.05) is 18.2 Å². The van der Waals surface area contributed by atoms with E-state index in [2.05, 4.69) is 16.0 Å². The molecule has 31 heavy (non-hydrogen) atoms. The lowest BCUT2D eigenvalue weighted by Gasteiger charge is -2.37. The summed E-state index contributed by atoms with van der Waals surface area (Å²) in [7, 11) is 1.89. The lowest BCUT2D eigenvalue weighted by atomic mass is 10.0. The van der Waals surface area contributed by atoms with Crippen molar-refractivity contribution in [3.8, 4) is 5.75 Å². The van der Waals surface area contributed by atoms with Crippen molar-refractivity contribution in [3.63, 3.8) is 0 Å². The van der Waals surface area contributed by atoms with Crippen molar-refractivity contribution in [1.82, 2.24) is 14.8 Å². The zero-order valence-electron chi connectivity index (χ0n) is 18.1. The molecule has 0 aliphatic carbocycles. The average Bonchev–Trinajstić information content (AvgIpc) is 2.82. The molecule has 2 aliphatic rings. The number of benzene rings is 1. The molecule has 1 saturated heterocycles. The molecule has 2 aromatic rings. The number of carbonyl (C=O) groups is 2. The zero-order chi connectivity index (χ0) is 21.6. The van der Waals surface area contributed by atoms with Gasteiger partial charge in [-0.25, -0.2) is 0 Å². The quantitative estimate of drug-likeness (QED) is 0.685. The number of pyridine rings is 1. The summed E-state index contributed by atoms with van der Waals surface area (Å²) >= 11 is 0. The highest BCUT2D eigenvalue weighted by Gasteiger charge is 2.28. The van der Waals surface area contributed by atoms with Crippen LogP contribution in [0.1, 0.15) is 25.0 Å². The summed E-state index contributed by atoms with van der Waals surface area (Å²) in [5.74, 6) is 0.681. The van der Waals surface area contributed by atoms with Gasteiger partial charge >= 0.3 is 0 Å². The molecule has 0 unspecified atom stereocenters. The predicted octanol–water partition coefficient (Wildman–Crippen LogP) is 2.36. The number of amides is 2. The molecule has 0 saturated carbocycles. The molecule has 0 spiro atoms. The minimum Gasteiger partial charge on any atom is -0.482 e.